The molecule has 0 unspecified atom stereocenters. The van der Waals surface area contributed by atoms with Gasteiger partial charge in [-0.2, -0.15) is 4.98 Å². The van der Waals surface area contributed by atoms with Crippen LogP contribution in [0.25, 0.3) is 10.8 Å². The van der Waals surface area contributed by atoms with Gasteiger partial charge in [0.1, 0.15) is 5.82 Å². The molecule has 0 saturated carbocycles. The van der Waals surface area contributed by atoms with Crippen LogP contribution in [0.5, 0.6) is 0 Å². The Morgan fingerprint density at radius 1 is 1.05 bits per heavy atom. The second kappa shape index (κ2) is 4.57. The molecule has 0 aliphatic carbocycles. The summed E-state index contributed by atoms with van der Waals surface area (Å²) in [6, 6.07) is 14.3. The fraction of sp³-hybridized carbons (Fsp3) is 0.0667. The first-order valence-electron chi connectivity index (χ1n) is 6.08. The van der Waals surface area contributed by atoms with Gasteiger partial charge in [-0.15, -0.1) is 0 Å². The normalized spacial score (nSPS) is 10.6. The van der Waals surface area contributed by atoms with Gasteiger partial charge in [-0.25, -0.2) is 4.98 Å². The van der Waals surface area contributed by atoms with Gasteiger partial charge in [0.2, 0.25) is 5.95 Å². The molecule has 4 nitrogen and oxygen atoms in total. The maximum absolute atomic E-state index is 5.63. The number of hydrogen-bond acceptors (Lipinski definition) is 4. The summed E-state index contributed by atoms with van der Waals surface area (Å²) >= 11 is 0. The highest BCUT2D eigenvalue weighted by Gasteiger charge is 2.05. The number of aryl methyl sites for hydroxylation is 1. The number of aromatic nitrogens is 2. The summed E-state index contributed by atoms with van der Waals surface area (Å²) in [6.07, 6.45) is 1.72. The molecule has 0 saturated heterocycles. The van der Waals surface area contributed by atoms with Gasteiger partial charge in [0.15, 0.2) is 0 Å². The summed E-state index contributed by atoms with van der Waals surface area (Å²) in [6.45, 7) is 1.95. The lowest BCUT2D eigenvalue weighted by molar-refractivity contribution is 1.15. The molecule has 3 aromatic rings. The highest BCUT2D eigenvalue weighted by atomic mass is 15.1. The fourth-order valence-corrected chi connectivity index (χ4v) is 2.04. The van der Waals surface area contributed by atoms with Gasteiger partial charge in [-0.05, 0) is 18.4 Å². The lowest BCUT2D eigenvalue weighted by Gasteiger charge is -2.11. The van der Waals surface area contributed by atoms with Crippen LogP contribution in [-0.2, 0) is 0 Å². The third kappa shape index (κ3) is 2.20. The molecule has 0 spiro atoms. The molecule has 0 amide bonds. The van der Waals surface area contributed by atoms with Gasteiger partial charge in [0.25, 0.3) is 0 Å². The number of benzene rings is 2. The van der Waals surface area contributed by atoms with Crippen LogP contribution in [0.15, 0.2) is 48.7 Å². The molecule has 2 aromatic carbocycles. The quantitative estimate of drug-likeness (QED) is 0.732. The van der Waals surface area contributed by atoms with Crippen LogP contribution >= 0.6 is 0 Å². The third-order valence-corrected chi connectivity index (χ3v) is 3.03. The van der Waals surface area contributed by atoms with Gasteiger partial charge >= 0.3 is 0 Å². The molecular formula is C15H14N4. The molecule has 0 fully saturated rings. The molecule has 0 bridgehead atoms. The van der Waals surface area contributed by atoms with Crippen molar-refractivity contribution >= 4 is 28.2 Å². The Kier molecular flexibility index (Phi) is 2.76. The van der Waals surface area contributed by atoms with E-state index in [1.165, 1.54) is 5.39 Å². The predicted molar refractivity (Wildman–Crippen MR) is 78.4 cm³/mol. The summed E-state index contributed by atoms with van der Waals surface area (Å²) in [7, 11) is 0. The SMILES string of the molecule is Cc1cnc(N)nc1Nc1cccc2ccccc12. The molecule has 0 aliphatic heterocycles. The van der Waals surface area contributed by atoms with Crippen molar-refractivity contribution in [1.29, 1.82) is 0 Å². The van der Waals surface area contributed by atoms with E-state index in [0.717, 1.165) is 22.5 Å². The van der Waals surface area contributed by atoms with Crippen LogP contribution < -0.4 is 11.1 Å². The van der Waals surface area contributed by atoms with Crippen molar-refractivity contribution < 1.29 is 0 Å². The van der Waals surface area contributed by atoms with Crippen molar-refractivity contribution in [3.8, 4) is 0 Å². The maximum atomic E-state index is 5.63. The average molecular weight is 250 g/mol. The minimum atomic E-state index is 0.272. The van der Waals surface area contributed by atoms with E-state index in [4.69, 9.17) is 5.73 Å². The smallest absolute Gasteiger partial charge is 0.221 e. The van der Waals surface area contributed by atoms with E-state index in [1.807, 2.05) is 31.2 Å². The highest BCUT2D eigenvalue weighted by Crippen LogP contribution is 2.26. The second-order valence-electron chi connectivity index (χ2n) is 4.41. The Hall–Kier alpha value is -2.62. The molecular weight excluding hydrogens is 236 g/mol. The third-order valence-electron chi connectivity index (χ3n) is 3.03. The standard InChI is InChI=1S/C15H14N4/c1-10-9-17-15(16)19-14(10)18-13-8-4-6-11-5-2-3-7-12(11)13/h2-9H,1H3,(H3,16,17,18,19). The molecule has 0 radical (unpaired) electrons. The number of nitrogen functional groups attached to an aromatic ring is 1. The molecule has 1 heterocycles. The number of fused-ring (bicyclic) bond motifs is 1. The molecule has 3 rings (SSSR count). The molecule has 4 heteroatoms. The van der Waals surface area contributed by atoms with Gasteiger partial charge in [0, 0.05) is 22.8 Å². The topological polar surface area (TPSA) is 63.8 Å². The number of nitrogens with two attached hydrogens (primary N) is 1. The monoisotopic (exact) mass is 250 g/mol. The van der Waals surface area contributed by atoms with Gasteiger partial charge in [-0.3, -0.25) is 0 Å². The zero-order valence-electron chi connectivity index (χ0n) is 10.6. The molecule has 0 atom stereocenters. The van der Waals surface area contributed by atoms with Crippen LogP contribution in [0.1, 0.15) is 5.56 Å². The number of anilines is 3. The van der Waals surface area contributed by atoms with E-state index >= 15 is 0 Å². The van der Waals surface area contributed by atoms with Gasteiger partial charge in [0.05, 0.1) is 0 Å². The fourth-order valence-electron chi connectivity index (χ4n) is 2.04. The summed E-state index contributed by atoms with van der Waals surface area (Å²) in [5, 5.41) is 5.67. The number of nitrogens with zero attached hydrogens (tertiary/aromatic N) is 2. The summed E-state index contributed by atoms with van der Waals surface area (Å²) in [5.74, 6) is 1.01. The molecule has 94 valence electrons. The summed E-state index contributed by atoms with van der Waals surface area (Å²) in [5.41, 5.74) is 7.61. The number of nitrogens with one attached hydrogen (secondary N) is 1. The summed E-state index contributed by atoms with van der Waals surface area (Å²) in [4.78, 5) is 8.20. The van der Waals surface area contributed by atoms with Crippen molar-refractivity contribution in [1.82, 2.24) is 9.97 Å². The molecule has 3 N–H and O–H groups in total. The second-order valence-corrected chi connectivity index (χ2v) is 4.41. The van der Waals surface area contributed by atoms with Gasteiger partial charge in [-0.1, -0.05) is 36.4 Å². The maximum Gasteiger partial charge on any atom is 0.221 e. The van der Waals surface area contributed by atoms with Gasteiger partial charge < -0.3 is 11.1 Å². The average Bonchev–Trinajstić information content (AvgIpc) is 2.43. The van der Waals surface area contributed by atoms with Crippen LogP contribution in [0.3, 0.4) is 0 Å². The Morgan fingerprint density at radius 2 is 1.84 bits per heavy atom. The van der Waals surface area contributed by atoms with Crippen molar-refractivity contribution in [2.75, 3.05) is 11.1 Å². The van der Waals surface area contributed by atoms with Crippen molar-refractivity contribution in [2.45, 2.75) is 6.92 Å². The molecule has 19 heavy (non-hydrogen) atoms. The summed E-state index contributed by atoms with van der Waals surface area (Å²) < 4.78 is 0. The van der Waals surface area contributed by atoms with E-state index in [9.17, 15) is 0 Å². The van der Waals surface area contributed by atoms with Crippen LogP contribution in [0.4, 0.5) is 17.5 Å². The first-order valence-corrected chi connectivity index (χ1v) is 6.08. The Bertz CT molecular complexity index is 732. The van der Waals surface area contributed by atoms with Crippen molar-refractivity contribution in [3.05, 3.63) is 54.2 Å². The zero-order valence-corrected chi connectivity index (χ0v) is 10.6. The van der Waals surface area contributed by atoms with Crippen LogP contribution in [0.2, 0.25) is 0 Å². The minimum absolute atomic E-state index is 0.272. The zero-order chi connectivity index (χ0) is 13.2. The number of hydrogen-bond donors (Lipinski definition) is 2. The van der Waals surface area contributed by atoms with Crippen molar-refractivity contribution in [2.24, 2.45) is 0 Å². The number of rotatable bonds is 2. The van der Waals surface area contributed by atoms with E-state index in [2.05, 4.69) is 33.5 Å². The first kappa shape index (κ1) is 11.5. The predicted octanol–water partition coefficient (Wildman–Crippen LogP) is 3.26. The lowest BCUT2D eigenvalue weighted by atomic mass is 10.1. The van der Waals surface area contributed by atoms with E-state index in [0.29, 0.717) is 0 Å². The van der Waals surface area contributed by atoms with E-state index in [1.54, 1.807) is 6.20 Å². The van der Waals surface area contributed by atoms with Crippen LogP contribution in [0, 0.1) is 6.92 Å². The molecule has 1 aromatic heterocycles. The molecule has 0 aliphatic rings. The minimum Gasteiger partial charge on any atom is -0.368 e. The Labute approximate surface area is 111 Å². The van der Waals surface area contributed by atoms with Crippen LogP contribution in [-0.4, -0.2) is 9.97 Å². The van der Waals surface area contributed by atoms with Crippen molar-refractivity contribution in [3.63, 3.8) is 0 Å². The largest absolute Gasteiger partial charge is 0.368 e. The van der Waals surface area contributed by atoms with E-state index < -0.39 is 0 Å². The highest BCUT2D eigenvalue weighted by molar-refractivity contribution is 5.95. The Morgan fingerprint density at radius 3 is 2.74 bits per heavy atom. The van der Waals surface area contributed by atoms with E-state index in [-0.39, 0.29) is 5.95 Å². The first-order chi connectivity index (χ1) is 9.24. The lowest BCUT2D eigenvalue weighted by Crippen LogP contribution is -2.02. The Balaban J connectivity index is 2.08.